The molecule has 0 spiro atoms. The first-order chi connectivity index (χ1) is 9.88. The van der Waals surface area contributed by atoms with Crippen LogP contribution in [0.4, 0.5) is 0 Å². The quantitative estimate of drug-likeness (QED) is 0.702. The number of halogens is 2. The van der Waals surface area contributed by atoms with Crippen LogP contribution in [-0.2, 0) is 6.54 Å². The van der Waals surface area contributed by atoms with Crippen LogP contribution in [0.1, 0.15) is 35.9 Å². The maximum absolute atomic E-state index is 12.6. The van der Waals surface area contributed by atoms with Gasteiger partial charge in [0.1, 0.15) is 5.69 Å². The molecule has 0 aliphatic carbocycles. The largest absolute Gasteiger partial charge is 0.340 e. The minimum atomic E-state index is 0.0226. The molecule has 0 unspecified atom stereocenters. The molecule has 1 aromatic heterocycles. The summed E-state index contributed by atoms with van der Waals surface area (Å²) in [5.41, 5.74) is 1.80. The highest BCUT2D eigenvalue weighted by Crippen LogP contribution is 2.21. The van der Waals surface area contributed by atoms with Gasteiger partial charge in [0.05, 0.1) is 0 Å². The fourth-order valence-corrected chi connectivity index (χ4v) is 3.10. The van der Waals surface area contributed by atoms with Gasteiger partial charge < -0.3 is 9.47 Å². The Kier molecular flexibility index (Phi) is 5.27. The van der Waals surface area contributed by atoms with Crippen LogP contribution in [0, 0.1) is 0 Å². The molecule has 0 bridgehead atoms. The molecule has 112 valence electrons. The Bertz CT molecular complexity index is 649. The third-order valence-corrected chi connectivity index (χ3v) is 4.17. The maximum atomic E-state index is 12.6. The zero-order valence-electron chi connectivity index (χ0n) is 12.3. The van der Waals surface area contributed by atoms with E-state index in [2.05, 4.69) is 45.7 Å². The van der Waals surface area contributed by atoms with E-state index in [0.717, 1.165) is 14.5 Å². The minimum absolute atomic E-state index is 0.0226. The summed E-state index contributed by atoms with van der Waals surface area (Å²) in [4.78, 5) is 14.4. The van der Waals surface area contributed by atoms with E-state index in [0.29, 0.717) is 12.2 Å². The second-order valence-corrected chi connectivity index (χ2v) is 7.17. The minimum Gasteiger partial charge on any atom is -0.340 e. The molecular weight excluding hydrogens is 396 g/mol. The number of nitrogens with zero attached hydrogens (tertiary/aromatic N) is 2. The highest BCUT2D eigenvalue weighted by Gasteiger charge is 2.18. The molecule has 2 rings (SSSR count). The van der Waals surface area contributed by atoms with Gasteiger partial charge in [-0.2, -0.15) is 0 Å². The number of hydrogen-bond donors (Lipinski definition) is 0. The summed E-state index contributed by atoms with van der Waals surface area (Å²) in [5, 5.41) is 0. The molecule has 21 heavy (non-hydrogen) atoms. The van der Waals surface area contributed by atoms with Gasteiger partial charge in [-0.1, -0.05) is 28.1 Å². The Labute approximate surface area is 142 Å². The zero-order valence-corrected chi connectivity index (χ0v) is 15.5. The van der Waals surface area contributed by atoms with Gasteiger partial charge in [-0.3, -0.25) is 4.79 Å². The molecule has 1 aromatic carbocycles. The monoisotopic (exact) mass is 412 g/mol. The van der Waals surface area contributed by atoms with Crippen LogP contribution in [0.15, 0.2) is 45.5 Å². The summed E-state index contributed by atoms with van der Waals surface area (Å²) in [5.74, 6) is 0.0226. The van der Waals surface area contributed by atoms with Gasteiger partial charge in [-0.05, 0) is 53.5 Å². The number of carbonyl (C=O) groups excluding carboxylic acids is 1. The van der Waals surface area contributed by atoms with Gasteiger partial charge in [0.25, 0.3) is 5.91 Å². The molecule has 3 nitrogen and oxygen atoms in total. The van der Waals surface area contributed by atoms with Crippen molar-refractivity contribution in [3.63, 3.8) is 0 Å². The van der Waals surface area contributed by atoms with Gasteiger partial charge in [0.2, 0.25) is 0 Å². The molecule has 5 heteroatoms. The number of benzene rings is 1. The predicted octanol–water partition coefficient (Wildman–Crippen LogP) is 4.87. The van der Waals surface area contributed by atoms with E-state index in [9.17, 15) is 4.79 Å². The fraction of sp³-hybridized carbons (Fsp3) is 0.312. The number of aromatic nitrogens is 1. The lowest BCUT2D eigenvalue weighted by Crippen LogP contribution is -2.28. The lowest BCUT2D eigenvalue weighted by molar-refractivity contribution is 0.0772. The van der Waals surface area contributed by atoms with E-state index in [1.54, 1.807) is 4.90 Å². The van der Waals surface area contributed by atoms with Crippen LogP contribution in [0.25, 0.3) is 0 Å². The molecule has 2 aromatic rings. The topological polar surface area (TPSA) is 25.2 Å². The molecule has 0 radical (unpaired) electrons. The van der Waals surface area contributed by atoms with Crippen LogP contribution < -0.4 is 0 Å². The van der Waals surface area contributed by atoms with E-state index in [1.807, 2.05) is 48.1 Å². The van der Waals surface area contributed by atoms with Crippen molar-refractivity contribution in [2.45, 2.75) is 26.4 Å². The summed E-state index contributed by atoms with van der Waals surface area (Å²) in [7, 11) is 1.83. The Balaban J connectivity index is 2.20. The molecule has 0 saturated heterocycles. The second kappa shape index (κ2) is 6.79. The molecular formula is C16H18Br2N2O. The van der Waals surface area contributed by atoms with Crippen LogP contribution in [0.2, 0.25) is 0 Å². The lowest BCUT2D eigenvalue weighted by Gasteiger charge is -2.20. The summed E-state index contributed by atoms with van der Waals surface area (Å²) >= 11 is 6.90. The molecule has 0 atom stereocenters. The number of rotatable bonds is 4. The highest BCUT2D eigenvalue weighted by molar-refractivity contribution is 9.10. The van der Waals surface area contributed by atoms with Crippen LogP contribution in [0.5, 0.6) is 0 Å². The van der Waals surface area contributed by atoms with Gasteiger partial charge in [0.15, 0.2) is 0 Å². The Morgan fingerprint density at radius 2 is 1.95 bits per heavy atom. The van der Waals surface area contributed by atoms with Crippen LogP contribution in [-0.4, -0.2) is 22.4 Å². The average Bonchev–Trinajstić information content (AvgIpc) is 2.80. The molecule has 0 N–H and O–H groups in total. The predicted molar refractivity (Wildman–Crippen MR) is 92.5 cm³/mol. The first-order valence-electron chi connectivity index (χ1n) is 6.75. The normalized spacial score (nSPS) is 11.0. The molecule has 1 amide bonds. The van der Waals surface area contributed by atoms with E-state index >= 15 is 0 Å². The van der Waals surface area contributed by atoms with Crippen molar-refractivity contribution < 1.29 is 4.79 Å². The number of carbonyl (C=O) groups is 1. The van der Waals surface area contributed by atoms with Gasteiger partial charge in [-0.15, -0.1) is 0 Å². The highest BCUT2D eigenvalue weighted by atomic mass is 79.9. The molecule has 0 saturated carbocycles. The first kappa shape index (κ1) is 16.3. The Hall–Kier alpha value is -1.07. The molecule has 1 heterocycles. The van der Waals surface area contributed by atoms with Crippen molar-refractivity contribution in [1.82, 2.24) is 9.47 Å². The van der Waals surface area contributed by atoms with Crippen molar-refractivity contribution in [3.8, 4) is 0 Å². The van der Waals surface area contributed by atoms with Gasteiger partial charge >= 0.3 is 0 Å². The molecule has 0 aliphatic heterocycles. The standard InChI is InChI=1S/C16H18Br2N2O/c1-11(2)20-10-14(18)8-15(20)16(21)19(3)9-12-5-4-6-13(17)7-12/h4-8,10-11H,9H2,1-3H3. The third kappa shape index (κ3) is 3.98. The summed E-state index contributed by atoms with van der Waals surface area (Å²) < 4.78 is 3.94. The lowest BCUT2D eigenvalue weighted by atomic mass is 10.2. The van der Waals surface area contributed by atoms with Crippen molar-refractivity contribution >= 4 is 37.8 Å². The summed E-state index contributed by atoms with van der Waals surface area (Å²) in [6, 6.07) is 10.1. The maximum Gasteiger partial charge on any atom is 0.270 e. The zero-order chi connectivity index (χ0) is 15.6. The Morgan fingerprint density at radius 1 is 1.24 bits per heavy atom. The smallest absolute Gasteiger partial charge is 0.270 e. The van der Waals surface area contributed by atoms with E-state index in [-0.39, 0.29) is 11.9 Å². The summed E-state index contributed by atoms with van der Waals surface area (Å²) in [6.07, 6.45) is 1.95. The number of hydrogen-bond acceptors (Lipinski definition) is 1. The van der Waals surface area contributed by atoms with Crippen molar-refractivity contribution in [3.05, 3.63) is 56.7 Å². The first-order valence-corrected chi connectivity index (χ1v) is 8.34. The van der Waals surface area contributed by atoms with E-state index in [4.69, 9.17) is 0 Å². The van der Waals surface area contributed by atoms with Crippen molar-refractivity contribution in [2.24, 2.45) is 0 Å². The van der Waals surface area contributed by atoms with Crippen molar-refractivity contribution in [2.75, 3.05) is 7.05 Å². The average molecular weight is 414 g/mol. The number of amides is 1. The van der Waals surface area contributed by atoms with Crippen LogP contribution >= 0.6 is 31.9 Å². The van der Waals surface area contributed by atoms with Gasteiger partial charge in [-0.25, -0.2) is 0 Å². The van der Waals surface area contributed by atoms with E-state index < -0.39 is 0 Å². The fourth-order valence-electron chi connectivity index (χ4n) is 2.22. The van der Waals surface area contributed by atoms with E-state index in [1.165, 1.54) is 0 Å². The summed E-state index contributed by atoms with van der Waals surface area (Å²) in [6.45, 7) is 4.72. The second-order valence-electron chi connectivity index (χ2n) is 5.34. The SMILES string of the molecule is CC(C)n1cc(Br)cc1C(=O)N(C)Cc1cccc(Br)c1. The van der Waals surface area contributed by atoms with Gasteiger partial charge in [0, 0.05) is 34.8 Å². The third-order valence-electron chi connectivity index (χ3n) is 3.25. The van der Waals surface area contributed by atoms with Crippen molar-refractivity contribution in [1.29, 1.82) is 0 Å². The van der Waals surface area contributed by atoms with Crippen LogP contribution in [0.3, 0.4) is 0 Å². The Morgan fingerprint density at radius 3 is 2.57 bits per heavy atom. The molecule has 0 fully saturated rings. The molecule has 0 aliphatic rings.